The monoisotopic (exact) mass is 395 g/mol. The number of ether oxygens (including phenoxy) is 1. The summed E-state index contributed by atoms with van der Waals surface area (Å²) in [6.45, 7) is 0. The first-order chi connectivity index (χ1) is 12.9. The van der Waals surface area contributed by atoms with E-state index in [-0.39, 0.29) is 34.7 Å². The van der Waals surface area contributed by atoms with Gasteiger partial charge in [0.1, 0.15) is 10.6 Å². The molecule has 0 aromatic heterocycles. The summed E-state index contributed by atoms with van der Waals surface area (Å²) in [6, 6.07) is 4.77. The standard InChI is InChI=1S/C19H29N3O4S/c1-26-17-11-6-13(19(23)21-15-9-7-14(20)8-10-15)12-18(17)27(24,25)22-16-4-2-3-5-16/h6,11-12,14-16,22H,2-5,7-10,20H2,1H3,(H,21,23). The average Bonchev–Trinajstić information content (AvgIpc) is 3.15. The maximum Gasteiger partial charge on any atom is 0.251 e. The van der Waals surface area contributed by atoms with Crippen LogP contribution in [0.1, 0.15) is 61.7 Å². The Morgan fingerprint density at radius 1 is 1.07 bits per heavy atom. The molecular formula is C19H29N3O4S. The minimum atomic E-state index is -3.75. The highest BCUT2D eigenvalue weighted by molar-refractivity contribution is 7.89. The first-order valence-corrected chi connectivity index (χ1v) is 11.1. The van der Waals surface area contributed by atoms with Crippen molar-refractivity contribution in [2.75, 3.05) is 7.11 Å². The summed E-state index contributed by atoms with van der Waals surface area (Å²) in [4.78, 5) is 12.6. The minimum absolute atomic E-state index is 0.00946. The quantitative estimate of drug-likeness (QED) is 0.681. The van der Waals surface area contributed by atoms with Gasteiger partial charge in [-0.1, -0.05) is 12.8 Å². The Morgan fingerprint density at radius 3 is 2.37 bits per heavy atom. The normalized spacial score (nSPS) is 23.9. The maximum atomic E-state index is 12.8. The third-order valence-electron chi connectivity index (χ3n) is 5.50. The molecule has 0 spiro atoms. The fourth-order valence-corrected chi connectivity index (χ4v) is 5.39. The minimum Gasteiger partial charge on any atom is -0.495 e. The molecule has 27 heavy (non-hydrogen) atoms. The number of carbonyl (C=O) groups is 1. The highest BCUT2D eigenvalue weighted by atomic mass is 32.2. The van der Waals surface area contributed by atoms with E-state index in [1.165, 1.54) is 19.2 Å². The fourth-order valence-electron chi connectivity index (χ4n) is 3.89. The fraction of sp³-hybridized carbons (Fsp3) is 0.632. The summed E-state index contributed by atoms with van der Waals surface area (Å²) in [5, 5.41) is 2.99. The summed E-state index contributed by atoms with van der Waals surface area (Å²) in [5.41, 5.74) is 6.22. The van der Waals surface area contributed by atoms with E-state index in [0.717, 1.165) is 51.4 Å². The van der Waals surface area contributed by atoms with Crippen molar-refractivity contribution in [1.82, 2.24) is 10.0 Å². The lowest BCUT2D eigenvalue weighted by molar-refractivity contribution is 0.0925. The molecule has 0 unspecified atom stereocenters. The smallest absolute Gasteiger partial charge is 0.251 e. The van der Waals surface area contributed by atoms with E-state index >= 15 is 0 Å². The zero-order valence-corrected chi connectivity index (χ0v) is 16.6. The summed E-state index contributed by atoms with van der Waals surface area (Å²) in [5.74, 6) is -0.0314. The van der Waals surface area contributed by atoms with Gasteiger partial charge in [-0.3, -0.25) is 4.79 Å². The molecule has 2 saturated carbocycles. The molecule has 2 aliphatic rings. The van der Waals surface area contributed by atoms with Gasteiger partial charge in [-0.2, -0.15) is 0 Å². The largest absolute Gasteiger partial charge is 0.495 e. The van der Waals surface area contributed by atoms with E-state index in [9.17, 15) is 13.2 Å². The van der Waals surface area contributed by atoms with Crippen LogP contribution >= 0.6 is 0 Å². The molecule has 0 heterocycles. The van der Waals surface area contributed by atoms with Crippen LogP contribution in [0, 0.1) is 0 Å². The van der Waals surface area contributed by atoms with E-state index in [2.05, 4.69) is 10.0 Å². The van der Waals surface area contributed by atoms with Crippen LogP contribution in [-0.4, -0.2) is 39.6 Å². The van der Waals surface area contributed by atoms with Crippen LogP contribution < -0.4 is 20.5 Å². The molecule has 2 aliphatic carbocycles. The second-order valence-electron chi connectivity index (χ2n) is 7.55. The summed E-state index contributed by atoms with van der Waals surface area (Å²) >= 11 is 0. The van der Waals surface area contributed by atoms with Gasteiger partial charge in [0, 0.05) is 23.7 Å². The van der Waals surface area contributed by atoms with E-state index in [1.807, 2.05) is 0 Å². The Balaban J connectivity index is 1.77. The molecule has 3 rings (SSSR count). The number of nitrogens with one attached hydrogen (secondary N) is 2. The first kappa shape index (κ1) is 20.1. The molecule has 8 heteroatoms. The van der Waals surface area contributed by atoms with Gasteiger partial charge < -0.3 is 15.8 Å². The third-order valence-corrected chi connectivity index (χ3v) is 7.04. The van der Waals surface area contributed by atoms with E-state index < -0.39 is 10.0 Å². The number of benzene rings is 1. The second-order valence-corrected chi connectivity index (χ2v) is 9.24. The SMILES string of the molecule is COc1ccc(C(=O)NC2CCC(N)CC2)cc1S(=O)(=O)NC1CCCC1. The molecule has 0 saturated heterocycles. The zero-order valence-electron chi connectivity index (χ0n) is 15.7. The molecule has 0 aliphatic heterocycles. The van der Waals surface area contributed by atoms with E-state index in [4.69, 9.17) is 10.5 Å². The Morgan fingerprint density at radius 2 is 1.74 bits per heavy atom. The van der Waals surface area contributed by atoms with Crippen LogP contribution in [0.15, 0.2) is 23.1 Å². The van der Waals surface area contributed by atoms with Gasteiger partial charge in [0.2, 0.25) is 10.0 Å². The lowest BCUT2D eigenvalue weighted by Gasteiger charge is -2.26. The first-order valence-electron chi connectivity index (χ1n) is 9.66. The van der Waals surface area contributed by atoms with Gasteiger partial charge in [0.05, 0.1) is 7.11 Å². The summed E-state index contributed by atoms with van der Waals surface area (Å²) in [7, 11) is -2.33. The molecule has 150 valence electrons. The van der Waals surface area contributed by atoms with Crippen molar-refractivity contribution < 1.29 is 17.9 Å². The van der Waals surface area contributed by atoms with E-state index in [1.54, 1.807) is 6.07 Å². The van der Waals surface area contributed by atoms with Crippen molar-refractivity contribution in [3.8, 4) is 5.75 Å². The number of hydrogen-bond donors (Lipinski definition) is 3. The number of nitrogens with two attached hydrogens (primary N) is 1. The Kier molecular flexibility index (Phi) is 6.39. The van der Waals surface area contributed by atoms with Crippen LogP contribution in [0.2, 0.25) is 0 Å². The Hall–Kier alpha value is -1.64. The predicted molar refractivity (Wildman–Crippen MR) is 103 cm³/mol. The van der Waals surface area contributed by atoms with Gasteiger partial charge in [-0.15, -0.1) is 0 Å². The molecular weight excluding hydrogens is 366 g/mol. The van der Waals surface area contributed by atoms with Crippen molar-refractivity contribution in [3.63, 3.8) is 0 Å². The van der Waals surface area contributed by atoms with Gasteiger partial charge in [-0.25, -0.2) is 13.1 Å². The summed E-state index contributed by atoms with van der Waals surface area (Å²) in [6.07, 6.45) is 7.19. The van der Waals surface area contributed by atoms with Gasteiger partial charge in [0.25, 0.3) is 5.91 Å². The molecule has 2 fully saturated rings. The lowest BCUT2D eigenvalue weighted by atomic mass is 9.91. The lowest BCUT2D eigenvalue weighted by Crippen LogP contribution is -2.40. The average molecular weight is 396 g/mol. The van der Waals surface area contributed by atoms with Crippen molar-refractivity contribution >= 4 is 15.9 Å². The third kappa shape index (κ3) is 5.00. The molecule has 7 nitrogen and oxygen atoms in total. The topological polar surface area (TPSA) is 111 Å². The van der Waals surface area contributed by atoms with Crippen LogP contribution in [0.25, 0.3) is 0 Å². The number of hydrogen-bond acceptors (Lipinski definition) is 5. The van der Waals surface area contributed by atoms with Crippen LogP contribution in [-0.2, 0) is 10.0 Å². The molecule has 0 atom stereocenters. The number of amides is 1. The molecule has 1 aromatic rings. The number of carbonyl (C=O) groups excluding carboxylic acids is 1. The highest BCUT2D eigenvalue weighted by Gasteiger charge is 2.27. The Labute approximate surface area is 161 Å². The van der Waals surface area contributed by atoms with Gasteiger partial charge in [0.15, 0.2) is 0 Å². The van der Waals surface area contributed by atoms with Crippen LogP contribution in [0.5, 0.6) is 5.75 Å². The molecule has 0 bridgehead atoms. The van der Waals surface area contributed by atoms with Crippen LogP contribution in [0.3, 0.4) is 0 Å². The highest BCUT2D eigenvalue weighted by Crippen LogP contribution is 2.27. The second kappa shape index (κ2) is 8.58. The summed E-state index contributed by atoms with van der Waals surface area (Å²) < 4.78 is 33.6. The van der Waals surface area contributed by atoms with Crippen molar-refractivity contribution in [3.05, 3.63) is 23.8 Å². The molecule has 4 N–H and O–H groups in total. The van der Waals surface area contributed by atoms with Crippen molar-refractivity contribution in [2.24, 2.45) is 5.73 Å². The van der Waals surface area contributed by atoms with Crippen LogP contribution in [0.4, 0.5) is 0 Å². The zero-order chi connectivity index (χ0) is 19.4. The Bertz CT molecular complexity index is 767. The predicted octanol–water partition coefficient (Wildman–Crippen LogP) is 1.92. The van der Waals surface area contributed by atoms with Crippen molar-refractivity contribution in [1.29, 1.82) is 0 Å². The molecule has 1 aromatic carbocycles. The van der Waals surface area contributed by atoms with Gasteiger partial charge >= 0.3 is 0 Å². The number of sulfonamides is 1. The van der Waals surface area contributed by atoms with E-state index in [0.29, 0.717) is 5.56 Å². The maximum absolute atomic E-state index is 12.8. The van der Waals surface area contributed by atoms with Crippen molar-refractivity contribution in [2.45, 2.75) is 74.4 Å². The molecule has 1 amide bonds. The molecule has 0 radical (unpaired) electrons. The number of methoxy groups -OCH3 is 1. The number of rotatable bonds is 6. The van der Waals surface area contributed by atoms with Gasteiger partial charge in [-0.05, 0) is 56.7 Å².